The molecule has 0 radical (unpaired) electrons. The van der Waals surface area contributed by atoms with Crippen molar-refractivity contribution in [2.24, 2.45) is 0 Å². The molecule has 86 valence electrons. The molecular weight excluding hydrogens is 290 g/mol. The van der Waals surface area contributed by atoms with Gasteiger partial charge in [-0.1, -0.05) is 6.07 Å². The second-order valence-corrected chi connectivity index (χ2v) is 5.56. The van der Waals surface area contributed by atoms with Crippen LogP contribution in [-0.4, -0.2) is 29.9 Å². The van der Waals surface area contributed by atoms with Crippen LogP contribution in [0.15, 0.2) is 27.6 Å². The highest BCUT2D eigenvalue weighted by molar-refractivity contribution is 9.10. The number of carboxylic acid groups (broad SMARTS) is 1. The summed E-state index contributed by atoms with van der Waals surface area (Å²) < 4.78 is 1.04. The van der Waals surface area contributed by atoms with Crippen LogP contribution in [0.5, 0.6) is 0 Å². The van der Waals surface area contributed by atoms with E-state index in [9.17, 15) is 4.79 Å². The topological polar surface area (TPSA) is 40.5 Å². The molecule has 0 spiro atoms. The summed E-state index contributed by atoms with van der Waals surface area (Å²) in [6, 6.07) is 6.09. The van der Waals surface area contributed by atoms with E-state index in [1.54, 1.807) is 0 Å². The lowest BCUT2D eigenvalue weighted by Gasteiger charge is -2.31. The quantitative estimate of drug-likeness (QED) is 0.932. The fourth-order valence-corrected chi connectivity index (χ4v) is 3.58. The standard InChI is InChI=1S/C11H12BrNO2S/c12-8-2-1-3-9-11(8)13(6-7-16-9)5-4-10(14)15/h1-3H,4-7H2,(H,14,15). The number of thioether (sulfide) groups is 1. The molecule has 0 unspecified atom stereocenters. The number of anilines is 1. The first kappa shape index (κ1) is 11.8. The third-order valence-electron chi connectivity index (χ3n) is 2.48. The molecular formula is C11H12BrNO2S. The van der Waals surface area contributed by atoms with E-state index in [2.05, 4.69) is 26.9 Å². The van der Waals surface area contributed by atoms with Gasteiger partial charge in [-0.15, -0.1) is 11.8 Å². The van der Waals surface area contributed by atoms with Gasteiger partial charge in [0.1, 0.15) is 0 Å². The fraction of sp³-hybridized carbons (Fsp3) is 0.364. The lowest BCUT2D eigenvalue weighted by Crippen LogP contribution is -2.31. The smallest absolute Gasteiger partial charge is 0.305 e. The van der Waals surface area contributed by atoms with Crippen molar-refractivity contribution in [3.8, 4) is 0 Å². The minimum Gasteiger partial charge on any atom is -0.481 e. The summed E-state index contributed by atoms with van der Waals surface area (Å²) in [6.07, 6.45) is 0.186. The summed E-state index contributed by atoms with van der Waals surface area (Å²) in [5.74, 6) is 0.273. The maximum atomic E-state index is 10.6. The number of hydrogen-bond acceptors (Lipinski definition) is 3. The van der Waals surface area contributed by atoms with Crippen LogP contribution < -0.4 is 4.90 Å². The van der Waals surface area contributed by atoms with Gasteiger partial charge in [-0.3, -0.25) is 4.79 Å². The lowest BCUT2D eigenvalue weighted by molar-refractivity contribution is -0.136. The van der Waals surface area contributed by atoms with Crippen molar-refractivity contribution in [1.82, 2.24) is 0 Å². The molecule has 1 N–H and O–H groups in total. The fourth-order valence-electron chi connectivity index (χ4n) is 1.75. The van der Waals surface area contributed by atoms with E-state index in [1.807, 2.05) is 23.9 Å². The molecule has 0 amide bonds. The molecule has 1 aliphatic rings. The van der Waals surface area contributed by atoms with Gasteiger partial charge < -0.3 is 10.0 Å². The second-order valence-electron chi connectivity index (χ2n) is 3.57. The van der Waals surface area contributed by atoms with E-state index >= 15 is 0 Å². The molecule has 16 heavy (non-hydrogen) atoms. The molecule has 0 aliphatic carbocycles. The summed E-state index contributed by atoms with van der Waals surface area (Å²) in [7, 11) is 0. The molecule has 0 atom stereocenters. The van der Waals surface area contributed by atoms with Gasteiger partial charge in [0.25, 0.3) is 0 Å². The highest BCUT2D eigenvalue weighted by Gasteiger charge is 2.19. The molecule has 0 saturated heterocycles. The predicted molar refractivity (Wildman–Crippen MR) is 69.3 cm³/mol. The summed E-state index contributed by atoms with van der Waals surface area (Å²) >= 11 is 5.35. The van der Waals surface area contributed by atoms with Crippen LogP contribution in [0.25, 0.3) is 0 Å². The van der Waals surface area contributed by atoms with Gasteiger partial charge >= 0.3 is 5.97 Å². The van der Waals surface area contributed by atoms with Gasteiger partial charge in [0, 0.05) is 28.2 Å². The Bertz CT molecular complexity index is 411. The third-order valence-corrected chi connectivity index (χ3v) is 4.15. The van der Waals surface area contributed by atoms with Crippen molar-refractivity contribution in [3.63, 3.8) is 0 Å². The second kappa shape index (κ2) is 5.10. The lowest BCUT2D eigenvalue weighted by atomic mass is 10.2. The van der Waals surface area contributed by atoms with E-state index in [-0.39, 0.29) is 6.42 Å². The van der Waals surface area contributed by atoms with E-state index in [0.717, 1.165) is 22.5 Å². The highest BCUT2D eigenvalue weighted by atomic mass is 79.9. The minimum atomic E-state index is -0.744. The Labute approximate surface area is 107 Å². The number of para-hydroxylation sites is 1. The Balaban J connectivity index is 2.21. The first-order chi connectivity index (χ1) is 7.68. The van der Waals surface area contributed by atoms with Crippen LogP contribution in [0.3, 0.4) is 0 Å². The monoisotopic (exact) mass is 301 g/mol. The highest BCUT2D eigenvalue weighted by Crippen LogP contribution is 2.39. The summed E-state index contributed by atoms with van der Waals surface area (Å²) in [6.45, 7) is 1.49. The van der Waals surface area contributed by atoms with Gasteiger partial charge in [0.15, 0.2) is 0 Å². The van der Waals surface area contributed by atoms with Gasteiger partial charge in [-0.2, -0.15) is 0 Å². The molecule has 0 fully saturated rings. The zero-order valence-electron chi connectivity index (χ0n) is 8.65. The number of carboxylic acids is 1. The zero-order chi connectivity index (χ0) is 11.5. The number of nitrogens with zero attached hydrogens (tertiary/aromatic N) is 1. The Morgan fingerprint density at radius 2 is 2.38 bits per heavy atom. The number of fused-ring (bicyclic) bond motifs is 1. The van der Waals surface area contributed by atoms with Crippen molar-refractivity contribution >= 4 is 39.3 Å². The normalized spacial score (nSPS) is 14.7. The Hall–Kier alpha value is -0.680. The van der Waals surface area contributed by atoms with Crippen LogP contribution >= 0.6 is 27.7 Å². The third kappa shape index (κ3) is 2.52. The van der Waals surface area contributed by atoms with Crippen molar-refractivity contribution in [1.29, 1.82) is 0 Å². The van der Waals surface area contributed by atoms with Crippen LogP contribution in [0.1, 0.15) is 6.42 Å². The number of halogens is 1. The van der Waals surface area contributed by atoms with Crippen molar-refractivity contribution in [3.05, 3.63) is 22.7 Å². The summed E-state index contributed by atoms with van der Waals surface area (Å²) in [5, 5.41) is 8.72. The van der Waals surface area contributed by atoms with Crippen LogP contribution in [0.4, 0.5) is 5.69 Å². The van der Waals surface area contributed by atoms with Gasteiger partial charge in [-0.05, 0) is 28.1 Å². The number of benzene rings is 1. The number of hydrogen-bond donors (Lipinski definition) is 1. The Morgan fingerprint density at radius 1 is 1.56 bits per heavy atom. The van der Waals surface area contributed by atoms with Crippen LogP contribution in [0, 0.1) is 0 Å². The predicted octanol–water partition coefficient (Wildman–Crippen LogP) is 2.84. The number of rotatable bonds is 3. The van der Waals surface area contributed by atoms with Crippen molar-refractivity contribution in [2.45, 2.75) is 11.3 Å². The van der Waals surface area contributed by atoms with Crippen molar-refractivity contribution < 1.29 is 9.90 Å². The summed E-state index contributed by atoms with van der Waals surface area (Å²) in [4.78, 5) is 14.0. The molecule has 0 bridgehead atoms. The van der Waals surface area contributed by atoms with E-state index in [1.165, 1.54) is 4.90 Å². The zero-order valence-corrected chi connectivity index (χ0v) is 11.1. The Morgan fingerprint density at radius 3 is 3.12 bits per heavy atom. The van der Waals surface area contributed by atoms with E-state index < -0.39 is 5.97 Å². The van der Waals surface area contributed by atoms with Gasteiger partial charge in [0.05, 0.1) is 12.1 Å². The maximum Gasteiger partial charge on any atom is 0.305 e. The number of aliphatic carboxylic acids is 1. The van der Waals surface area contributed by atoms with Gasteiger partial charge in [0.2, 0.25) is 0 Å². The minimum absolute atomic E-state index is 0.186. The van der Waals surface area contributed by atoms with Crippen LogP contribution in [-0.2, 0) is 4.79 Å². The first-order valence-electron chi connectivity index (χ1n) is 5.06. The maximum absolute atomic E-state index is 10.6. The molecule has 0 aromatic heterocycles. The molecule has 1 heterocycles. The molecule has 5 heteroatoms. The van der Waals surface area contributed by atoms with Crippen molar-refractivity contribution in [2.75, 3.05) is 23.7 Å². The average molecular weight is 302 g/mol. The summed E-state index contributed by atoms with van der Waals surface area (Å²) in [5.41, 5.74) is 1.14. The van der Waals surface area contributed by atoms with Gasteiger partial charge in [-0.25, -0.2) is 0 Å². The van der Waals surface area contributed by atoms with E-state index in [4.69, 9.17) is 5.11 Å². The van der Waals surface area contributed by atoms with E-state index in [0.29, 0.717) is 6.54 Å². The largest absolute Gasteiger partial charge is 0.481 e. The molecule has 1 aromatic rings. The molecule has 2 rings (SSSR count). The number of carbonyl (C=O) groups is 1. The molecule has 3 nitrogen and oxygen atoms in total. The average Bonchev–Trinajstić information content (AvgIpc) is 2.26. The SMILES string of the molecule is O=C(O)CCN1CCSc2cccc(Br)c21. The molecule has 1 aliphatic heterocycles. The molecule has 0 saturated carbocycles. The van der Waals surface area contributed by atoms with Crippen LogP contribution in [0.2, 0.25) is 0 Å². The molecule has 1 aromatic carbocycles. The first-order valence-corrected chi connectivity index (χ1v) is 6.84. The Kier molecular flexibility index (Phi) is 3.76.